The van der Waals surface area contributed by atoms with E-state index in [-0.39, 0.29) is 51.6 Å². The Morgan fingerprint density at radius 1 is 0.737 bits per heavy atom. The standard InChI is InChI=1S/C44H74O12S/c1-33(19-22-39(51-29-47-9)43(7)26-24-37(55-43)41(3,4)53-31-49-11)18-21-36(57(45,46)35-16-14-13-15-17-35)28-34(2)20-23-40(52-30-48-10)44(8)27-25-38(56-44)42(5,6)54-32-50-12/h13-18,28,36-40H,19-27,29-32H2,1-12H3/b33-18+,34-28+/t36?,37-,38-,39-,40-,43+,44+/m1/s1. The zero-order valence-corrected chi connectivity index (χ0v) is 37.7. The summed E-state index contributed by atoms with van der Waals surface area (Å²) in [5.74, 6) is 0. The van der Waals surface area contributed by atoms with Crippen molar-refractivity contribution in [2.24, 2.45) is 0 Å². The van der Waals surface area contributed by atoms with Gasteiger partial charge in [-0.3, -0.25) is 0 Å². The third kappa shape index (κ3) is 14.4. The van der Waals surface area contributed by atoms with Crippen molar-refractivity contribution in [2.45, 2.75) is 170 Å². The first-order chi connectivity index (χ1) is 26.9. The van der Waals surface area contributed by atoms with Gasteiger partial charge in [-0.1, -0.05) is 41.5 Å². The van der Waals surface area contributed by atoms with E-state index in [2.05, 4.69) is 19.9 Å². The van der Waals surface area contributed by atoms with Gasteiger partial charge >= 0.3 is 0 Å². The van der Waals surface area contributed by atoms with E-state index in [1.165, 1.54) is 0 Å². The van der Waals surface area contributed by atoms with Crippen molar-refractivity contribution >= 4 is 9.84 Å². The topological polar surface area (TPSA) is 126 Å². The number of allylic oxidation sites excluding steroid dienone is 3. The summed E-state index contributed by atoms with van der Waals surface area (Å²) in [6, 6.07) is 8.68. The second-order valence-electron chi connectivity index (χ2n) is 17.1. The largest absolute Gasteiger partial charge is 0.366 e. The van der Waals surface area contributed by atoms with Crippen LogP contribution in [-0.4, -0.2) is 116 Å². The average molecular weight is 827 g/mol. The normalized spacial score (nSPS) is 25.5. The highest BCUT2D eigenvalue weighted by molar-refractivity contribution is 7.92. The number of benzene rings is 1. The SMILES string of the molecule is COCO[C@H](CC/C(C)=C/CC(/C=C(\C)CC[C@@H](OCOC)[C@]1(C)CC[C@H](C(C)(C)OCOC)O1)S(=O)(=O)c1ccccc1)[C@]1(C)CC[C@H](C(C)(C)OCOC)O1. The predicted molar refractivity (Wildman–Crippen MR) is 221 cm³/mol. The maximum Gasteiger partial charge on any atom is 0.185 e. The lowest BCUT2D eigenvalue weighted by molar-refractivity contribution is -0.212. The summed E-state index contributed by atoms with van der Waals surface area (Å²) in [4.78, 5) is 0.300. The van der Waals surface area contributed by atoms with Crippen LogP contribution in [0.15, 0.2) is 58.5 Å². The smallest absolute Gasteiger partial charge is 0.185 e. The van der Waals surface area contributed by atoms with Crippen molar-refractivity contribution < 1.29 is 55.8 Å². The molecule has 2 heterocycles. The number of methoxy groups -OCH3 is 4. The number of hydrogen-bond donors (Lipinski definition) is 0. The van der Waals surface area contributed by atoms with Crippen molar-refractivity contribution in [2.75, 3.05) is 55.6 Å². The minimum absolute atomic E-state index is 0.123. The van der Waals surface area contributed by atoms with Crippen molar-refractivity contribution in [3.63, 3.8) is 0 Å². The van der Waals surface area contributed by atoms with Gasteiger partial charge in [0.1, 0.15) is 27.2 Å². The second kappa shape index (κ2) is 22.7. The summed E-state index contributed by atoms with van der Waals surface area (Å²) >= 11 is 0. The first-order valence-corrected chi connectivity index (χ1v) is 21.9. The van der Waals surface area contributed by atoms with Gasteiger partial charge < -0.3 is 47.4 Å². The summed E-state index contributed by atoms with van der Waals surface area (Å²) in [7, 11) is 2.73. The monoisotopic (exact) mass is 826 g/mol. The highest BCUT2D eigenvalue weighted by atomic mass is 32.2. The Kier molecular flexibility index (Phi) is 19.8. The number of rotatable bonds is 27. The van der Waals surface area contributed by atoms with Crippen LogP contribution in [0.5, 0.6) is 0 Å². The van der Waals surface area contributed by atoms with E-state index in [1.54, 1.807) is 52.7 Å². The molecule has 2 aliphatic rings. The van der Waals surface area contributed by atoms with Crippen LogP contribution in [0.3, 0.4) is 0 Å². The Bertz CT molecular complexity index is 1500. The lowest BCUT2D eigenvalue weighted by Crippen LogP contribution is -2.46. The molecule has 7 atom stereocenters. The van der Waals surface area contributed by atoms with Gasteiger partial charge in [0, 0.05) is 28.4 Å². The zero-order chi connectivity index (χ0) is 42.3. The fourth-order valence-corrected chi connectivity index (χ4v) is 9.47. The summed E-state index contributed by atoms with van der Waals surface area (Å²) in [5.41, 5.74) is -0.151. The van der Waals surface area contributed by atoms with Gasteiger partial charge in [0.2, 0.25) is 0 Å². The Hall–Kier alpha value is -1.75. The first kappa shape index (κ1) is 49.6. The van der Waals surface area contributed by atoms with E-state index in [0.717, 1.165) is 36.8 Å². The van der Waals surface area contributed by atoms with Crippen LogP contribution >= 0.6 is 0 Å². The number of ether oxygens (including phenoxy) is 10. The molecule has 328 valence electrons. The zero-order valence-electron chi connectivity index (χ0n) is 36.9. The van der Waals surface area contributed by atoms with Crippen molar-refractivity contribution in [3.05, 3.63) is 53.6 Å². The van der Waals surface area contributed by atoms with Crippen LogP contribution in [0.2, 0.25) is 0 Å². The Morgan fingerprint density at radius 2 is 1.18 bits per heavy atom. The van der Waals surface area contributed by atoms with Crippen LogP contribution in [0.1, 0.15) is 113 Å². The molecule has 0 N–H and O–H groups in total. The average Bonchev–Trinajstić information content (AvgIpc) is 3.80. The third-order valence-corrected chi connectivity index (χ3v) is 13.7. The van der Waals surface area contributed by atoms with Gasteiger partial charge in [-0.2, -0.15) is 0 Å². The molecule has 3 rings (SSSR count). The Balaban J connectivity index is 1.78. The van der Waals surface area contributed by atoms with Crippen LogP contribution in [0.25, 0.3) is 0 Å². The number of hydrogen-bond acceptors (Lipinski definition) is 12. The van der Waals surface area contributed by atoms with Crippen LogP contribution in [0, 0.1) is 0 Å². The Labute approximate surface area is 344 Å². The molecule has 0 bridgehead atoms. The van der Waals surface area contributed by atoms with E-state index >= 15 is 0 Å². The second-order valence-corrected chi connectivity index (χ2v) is 19.3. The van der Waals surface area contributed by atoms with E-state index in [0.29, 0.717) is 37.0 Å². The fraction of sp³-hybridized carbons (Fsp3) is 0.773. The van der Waals surface area contributed by atoms with E-state index in [9.17, 15) is 8.42 Å². The van der Waals surface area contributed by atoms with E-state index < -0.39 is 37.5 Å². The van der Waals surface area contributed by atoms with Gasteiger partial charge in [0.15, 0.2) is 9.84 Å². The summed E-state index contributed by atoms with van der Waals surface area (Å²) in [5, 5.41) is -0.763. The highest BCUT2D eigenvalue weighted by Gasteiger charge is 2.49. The molecule has 13 heteroatoms. The molecule has 12 nitrogen and oxygen atoms in total. The maximum atomic E-state index is 14.2. The van der Waals surface area contributed by atoms with Crippen LogP contribution < -0.4 is 0 Å². The molecule has 0 radical (unpaired) electrons. The van der Waals surface area contributed by atoms with Crippen LogP contribution in [-0.2, 0) is 57.2 Å². The lowest BCUT2D eigenvalue weighted by Gasteiger charge is -2.37. The fourth-order valence-electron chi connectivity index (χ4n) is 7.82. The number of sulfone groups is 1. The third-order valence-electron chi connectivity index (χ3n) is 11.7. The molecule has 2 fully saturated rings. The molecular weight excluding hydrogens is 753 g/mol. The van der Waals surface area contributed by atoms with E-state index in [4.69, 9.17) is 47.4 Å². The molecule has 57 heavy (non-hydrogen) atoms. The van der Waals surface area contributed by atoms with Gasteiger partial charge in [-0.05, 0) is 125 Å². The molecule has 0 aliphatic carbocycles. The van der Waals surface area contributed by atoms with Gasteiger partial charge in [0.05, 0.1) is 57.0 Å². The molecule has 0 amide bonds. The quantitative estimate of drug-likeness (QED) is 0.0626. The molecule has 0 saturated carbocycles. The molecule has 0 spiro atoms. The van der Waals surface area contributed by atoms with Gasteiger partial charge in [-0.25, -0.2) is 8.42 Å². The van der Waals surface area contributed by atoms with Gasteiger partial charge in [0.25, 0.3) is 0 Å². The lowest BCUT2D eigenvalue weighted by atomic mass is 9.89. The predicted octanol–water partition coefficient (Wildman–Crippen LogP) is 8.32. The van der Waals surface area contributed by atoms with Crippen molar-refractivity contribution in [3.8, 4) is 0 Å². The molecule has 1 aromatic carbocycles. The summed E-state index contributed by atoms with van der Waals surface area (Å²) < 4.78 is 87.0. The Morgan fingerprint density at radius 3 is 1.61 bits per heavy atom. The molecule has 1 aromatic rings. The first-order valence-electron chi connectivity index (χ1n) is 20.3. The van der Waals surface area contributed by atoms with Crippen molar-refractivity contribution in [1.82, 2.24) is 0 Å². The van der Waals surface area contributed by atoms with Gasteiger partial charge in [-0.15, -0.1) is 0 Å². The molecule has 2 saturated heterocycles. The van der Waals surface area contributed by atoms with Crippen molar-refractivity contribution in [1.29, 1.82) is 0 Å². The maximum absolute atomic E-state index is 14.2. The molecule has 1 unspecified atom stereocenters. The van der Waals surface area contributed by atoms with E-state index in [1.807, 2.05) is 53.7 Å². The minimum Gasteiger partial charge on any atom is -0.366 e. The van der Waals surface area contributed by atoms with Crippen LogP contribution in [0.4, 0.5) is 0 Å². The molecule has 2 aliphatic heterocycles. The molecular formula is C44H74O12S. The molecule has 0 aromatic heterocycles. The minimum atomic E-state index is -3.70. The highest BCUT2D eigenvalue weighted by Crippen LogP contribution is 2.43. The summed E-state index contributed by atoms with van der Waals surface area (Å²) in [6.45, 7) is 16.9. The summed E-state index contributed by atoms with van der Waals surface area (Å²) in [6.07, 6.45) is 9.36.